The third-order valence-corrected chi connectivity index (χ3v) is 3.11. The molecule has 1 aromatic rings. The number of aromatic nitrogens is 2. The third kappa shape index (κ3) is 2.82. The summed E-state index contributed by atoms with van der Waals surface area (Å²) in [6, 6.07) is 0.193. The Morgan fingerprint density at radius 3 is 3.19 bits per heavy atom. The van der Waals surface area contributed by atoms with E-state index < -0.39 is 0 Å². The molecule has 1 amide bonds. The summed E-state index contributed by atoms with van der Waals surface area (Å²) in [7, 11) is 0. The lowest BCUT2D eigenvalue weighted by molar-refractivity contribution is -0.126. The fraction of sp³-hybridized carbons (Fsp3) is 0.636. The van der Waals surface area contributed by atoms with E-state index in [4.69, 9.17) is 5.73 Å². The van der Waals surface area contributed by atoms with Crippen molar-refractivity contribution in [2.75, 3.05) is 0 Å². The first-order chi connectivity index (χ1) is 7.75. The van der Waals surface area contributed by atoms with Gasteiger partial charge in [0.1, 0.15) is 0 Å². The van der Waals surface area contributed by atoms with E-state index in [-0.39, 0.29) is 17.9 Å². The van der Waals surface area contributed by atoms with Crippen molar-refractivity contribution in [3.63, 3.8) is 0 Å². The molecule has 1 saturated carbocycles. The van der Waals surface area contributed by atoms with Crippen molar-refractivity contribution in [2.24, 2.45) is 11.7 Å². The number of amides is 1. The fourth-order valence-corrected chi connectivity index (χ4v) is 2.17. The van der Waals surface area contributed by atoms with Crippen LogP contribution in [0, 0.1) is 5.92 Å². The maximum atomic E-state index is 11.8. The summed E-state index contributed by atoms with van der Waals surface area (Å²) >= 11 is 0. The Morgan fingerprint density at radius 2 is 2.50 bits per heavy atom. The molecular formula is C11H18N4O. The molecule has 0 spiro atoms. The molecule has 2 unspecified atom stereocenters. The van der Waals surface area contributed by atoms with Crippen LogP contribution in [-0.4, -0.2) is 22.1 Å². The molecule has 1 aromatic heterocycles. The van der Waals surface area contributed by atoms with Gasteiger partial charge in [0.25, 0.3) is 0 Å². The summed E-state index contributed by atoms with van der Waals surface area (Å²) in [5, 5.41) is 9.47. The lowest BCUT2D eigenvalue weighted by atomic mass is 9.85. The zero-order chi connectivity index (χ0) is 11.4. The zero-order valence-corrected chi connectivity index (χ0v) is 9.28. The molecule has 16 heavy (non-hydrogen) atoms. The van der Waals surface area contributed by atoms with Crippen LogP contribution >= 0.6 is 0 Å². The number of hydrogen-bond acceptors (Lipinski definition) is 3. The van der Waals surface area contributed by atoms with E-state index >= 15 is 0 Å². The van der Waals surface area contributed by atoms with Crippen molar-refractivity contribution < 1.29 is 4.79 Å². The van der Waals surface area contributed by atoms with E-state index in [0.29, 0.717) is 6.54 Å². The molecule has 0 aliphatic heterocycles. The van der Waals surface area contributed by atoms with Crippen LogP contribution in [0.15, 0.2) is 12.4 Å². The Balaban J connectivity index is 1.79. The molecule has 88 valence electrons. The average molecular weight is 222 g/mol. The molecule has 2 atom stereocenters. The largest absolute Gasteiger partial charge is 0.352 e. The highest BCUT2D eigenvalue weighted by Crippen LogP contribution is 2.23. The van der Waals surface area contributed by atoms with Gasteiger partial charge < -0.3 is 11.1 Å². The zero-order valence-electron chi connectivity index (χ0n) is 9.28. The molecule has 5 heteroatoms. The average Bonchev–Trinajstić information content (AvgIpc) is 2.78. The van der Waals surface area contributed by atoms with Crippen molar-refractivity contribution in [2.45, 2.75) is 38.3 Å². The minimum absolute atomic E-state index is 0.0932. The standard InChI is InChI=1S/C11H18N4O/c12-10-3-1-2-9(4-10)11(16)13-5-8-6-14-15-7-8/h6-7,9-10H,1-5,12H2,(H,13,16)(H,14,15). The van der Waals surface area contributed by atoms with Gasteiger partial charge in [0.15, 0.2) is 0 Å². The predicted octanol–water partition coefficient (Wildman–Crippen LogP) is 0.543. The maximum Gasteiger partial charge on any atom is 0.223 e. The summed E-state index contributed by atoms with van der Waals surface area (Å²) in [6.45, 7) is 0.543. The van der Waals surface area contributed by atoms with Crippen LogP contribution < -0.4 is 11.1 Å². The number of aromatic amines is 1. The van der Waals surface area contributed by atoms with E-state index in [1.165, 1.54) is 0 Å². The Morgan fingerprint density at radius 1 is 1.62 bits per heavy atom. The van der Waals surface area contributed by atoms with E-state index in [9.17, 15) is 4.79 Å². The highest BCUT2D eigenvalue weighted by atomic mass is 16.1. The fourth-order valence-electron chi connectivity index (χ4n) is 2.17. The molecule has 1 aliphatic carbocycles. The number of hydrogen-bond donors (Lipinski definition) is 3. The molecule has 0 saturated heterocycles. The second-order valence-electron chi connectivity index (χ2n) is 4.45. The van der Waals surface area contributed by atoms with Crippen molar-refractivity contribution in [1.29, 1.82) is 0 Å². The van der Waals surface area contributed by atoms with Gasteiger partial charge in [-0.05, 0) is 19.3 Å². The quantitative estimate of drug-likeness (QED) is 0.698. The van der Waals surface area contributed by atoms with Gasteiger partial charge in [0.05, 0.1) is 6.20 Å². The minimum atomic E-state index is 0.0932. The first kappa shape index (κ1) is 11.1. The lowest BCUT2D eigenvalue weighted by Gasteiger charge is -2.25. The molecule has 5 nitrogen and oxygen atoms in total. The number of nitrogens with two attached hydrogens (primary N) is 1. The topological polar surface area (TPSA) is 83.8 Å². The SMILES string of the molecule is NC1CCCC(C(=O)NCc2cn[nH]c2)C1. The normalized spacial score (nSPS) is 25.3. The number of carbonyl (C=O) groups is 1. The number of carbonyl (C=O) groups excluding carboxylic acids is 1. The van der Waals surface area contributed by atoms with Gasteiger partial charge in [0, 0.05) is 30.3 Å². The monoisotopic (exact) mass is 222 g/mol. The van der Waals surface area contributed by atoms with Crippen LogP contribution in [-0.2, 0) is 11.3 Å². The number of nitrogens with one attached hydrogen (secondary N) is 2. The van der Waals surface area contributed by atoms with Crippen molar-refractivity contribution in [1.82, 2.24) is 15.5 Å². The van der Waals surface area contributed by atoms with Crippen LogP contribution in [0.4, 0.5) is 0 Å². The first-order valence-corrected chi connectivity index (χ1v) is 5.76. The smallest absolute Gasteiger partial charge is 0.223 e. The molecule has 0 aromatic carbocycles. The van der Waals surface area contributed by atoms with Gasteiger partial charge in [-0.2, -0.15) is 5.10 Å². The molecule has 2 rings (SSSR count). The summed E-state index contributed by atoms with van der Waals surface area (Å²) in [4.78, 5) is 11.8. The third-order valence-electron chi connectivity index (χ3n) is 3.11. The van der Waals surface area contributed by atoms with Crippen molar-refractivity contribution >= 4 is 5.91 Å². The van der Waals surface area contributed by atoms with E-state index in [2.05, 4.69) is 15.5 Å². The van der Waals surface area contributed by atoms with Crippen molar-refractivity contribution in [3.8, 4) is 0 Å². The van der Waals surface area contributed by atoms with E-state index in [1.807, 2.05) is 0 Å². The van der Waals surface area contributed by atoms with Gasteiger partial charge in [-0.3, -0.25) is 9.89 Å². The molecule has 0 bridgehead atoms. The second-order valence-corrected chi connectivity index (χ2v) is 4.45. The minimum Gasteiger partial charge on any atom is -0.352 e. The maximum absolute atomic E-state index is 11.8. The van der Waals surface area contributed by atoms with Crippen LogP contribution in [0.2, 0.25) is 0 Å². The van der Waals surface area contributed by atoms with Crippen LogP contribution in [0.25, 0.3) is 0 Å². The molecule has 4 N–H and O–H groups in total. The van der Waals surface area contributed by atoms with Gasteiger partial charge in [-0.25, -0.2) is 0 Å². The Bertz CT molecular complexity index is 336. The van der Waals surface area contributed by atoms with Gasteiger partial charge in [-0.1, -0.05) is 6.42 Å². The summed E-state index contributed by atoms with van der Waals surface area (Å²) < 4.78 is 0. The number of H-pyrrole nitrogens is 1. The molecule has 1 heterocycles. The Labute approximate surface area is 94.8 Å². The van der Waals surface area contributed by atoms with Gasteiger partial charge in [-0.15, -0.1) is 0 Å². The second kappa shape index (κ2) is 5.12. The predicted molar refractivity (Wildman–Crippen MR) is 60.4 cm³/mol. The number of rotatable bonds is 3. The van der Waals surface area contributed by atoms with Gasteiger partial charge in [0.2, 0.25) is 5.91 Å². The van der Waals surface area contributed by atoms with Crippen LogP contribution in [0.5, 0.6) is 0 Å². The summed E-state index contributed by atoms with van der Waals surface area (Å²) in [5.41, 5.74) is 6.85. The molecule has 1 aliphatic rings. The van der Waals surface area contributed by atoms with Crippen LogP contribution in [0.3, 0.4) is 0 Å². The Hall–Kier alpha value is -1.36. The molecule has 0 radical (unpaired) electrons. The highest BCUT2D eigenvalue weighted by Gasteiger charge is 2.24. The number of nitrogens with zero attached hydrogens (tertiary/aromatic N) is 1. The van der Waals surface area contributed by atoms with E-state index in [1.54, 1.807) is 12.4 Å². The summed E-state index contributed by atoms with van der Waals surface area (Å²) in [6.07, 6.45) is 7.39. The Kier molecular flexibility index (Phi) is 3.56. The first-order valence-electron chi connectivity index (χ1n) is 5.76. The van der Waals surface area contributed by atoms with Crippen LogP contribution in [0.1, 0.15) is 31.2 Å². The van der Waals surface area contributed by atoms with Crippen molar-refractivity contribution in [3.05, 3.63) is 18.0 Å². The molecular weight excluding hydrogens is 204 g/mol. The summed E-state index contributed by atoms with van der Waals surface area (Å²) in [5.74, 6) is 0.215. The van der Waals surface area contributed by atoms with E-state index in [0.717, 1.165) is 31.2 Å². The molecule has 1 fully saturated rings. The highest BCUT2D eigenvalue weighted by molar-refractivity contribution is 5.78. The van der Waals surface area contributed by atoms with Gasteiger partial charge >= 0.3 is 0 Å². The lowest BCUT2D eigenvalue weighted by Crippen LogP contribution is -2.37.